The normalized spacial score (nSPS) is 11.3. The summed E-state index contributed by atoms with van der Waals surface area (Å²) in [5.74, 6) is 0.367. The number of halogens is 1. The molecule has 1 heterocycles. The Morgan fingerprint density at radius 1 is 1.29 bits per heavy atom. The molecule has 0 atom stereocenters. The van der Waals surface area contributed by atoms with Crippen molar-refractivity contribution < 1.29 is 4.39 Å². The van der Waals surface area contributed by atoms with Crippen LogP contribution < -0.4 is 5.32 Å². The molecule has 3 nitrogen and oxygen atoms in total. The molecule has 21 heavy (non-hydrogen) atoms. The number of benzene rings is 1. The van der Waals surface area contributed by atoms with Gasteiger partial charge in [-0.2, -0.15) is 0 Å². The van der Waals surface area contributed by atoms with E-state index in [1.807, 2.05) is 12.3 Å². The van der Waals surface area contributed by atoms with E-state index in [0.29, 0.717) is 17.4 Å². The van der Waals surface area contributed by atoms with Crippen molar-refractivity contribution in [1.82, 2.24) is 15.5 Å². The van der Waals surface area contributed by atoms with Gasteiger partial charge in [0.2, 0.25) is 0 Å². The molecule has 0 spiro atoms. The molecule has 114 valence electrons. The fourth-order valence-electron chi connectivity index (χ4n) is 1.71. The Bertz CT molecular complexity index is 587. The highest BCUT2D eigenvalue weighted by atomic mass is 32.2. The van der Waals surface area contributed by atoms with Gasteiger partial charge in [0.15, 0.2) is 8.68 Å². The first-order chi connectivity index (χ1) is 10.1. The third kappa shape index (κ3) is 4.95. The van der Waals surface area contributed by atoms with Crippen LogP contribution in [0, 0.1) is 11.7 Å². The van der Waals surface area contributed by atoms with Crippen molar-refractivity contribution in [3.8, 4) is 0 Å². The van der Waals surface area contributed by atoms with Crippen molar-refractivity contribution in [2.24, 2.45) is 5.92 Å². The standard InChI is InChI=1S/C14H18FN3S3/c1-9(2)7-16-8-10-5-4-6-11(15)12(10)20-14-18-17-13(19-3)21-14/h4-6,9,16H,7-8H2,1-3H3. The molecular formula is C14H18FN3S3. The predicted molar refractivity (Wildman–Crippen MR) is 88.8 cm³/mol. The molecule has 0 unspecified atom stereocenters. The highest BCUT2D eigenvalue weighted by Crippen LogP contribution is 2.36. The number of thioether (sulfide) groups is 1. The van der Waals surface area contributed by atoms with Crippen LogP contribution in [0.15, 0.2) is 31.8 Å². The van der Waals surface area contributed by atoms with E-state index >= 15 is 0 Å². The molecule has 1 aromatic heterocycles. The van der Waals surface area contributed by atoms with E-state index in [1.165, 1.54) is 29.2 Å². The topological polar surface area (TPSA) is 37.8 Å². The Hall–Kier alpha value is -0.630. The summed E-state index contributed by atoms with van der Waals surface area (Å²) in [7, 11) is 0. The van der Waals surface area contributed by atoms with E-state index in [2.05, 4.69) is 29.4 Å². The first-order valence-corrected chi connectivity index (χ1v) is 9.49. The summed E-state index contributed by atoms with van der Waals surface area (Å²) in [6.45, 7) is 5.88. The lowest BCUT2D eigenvalue weighted by Gasteiger charge is -2.11. The number of nitrogens with zero attached hydrogens (tertiary/aromatic N) is 2. The van der Waals surface area contributed by atoms with Crippen molar-refractivity contribution in [3.63, 3.8) is 0 Å². The first kappa shape index (κ1) is 16.7. The molecule has 0 aliphatic rings. The third-order valence-electron chi connectivity index (χ3n) is 2.67. The van der Waals surface area contributed by atoms with Crippen LogP contribution in [0.5, 0.6) is 0 Å². The number of rotatable bonds is 7. The summed E-state index contributed by atoms with van der Waals surface area (Å²) < 4.78 is 15.8. The number of aromatic nitrogens is 2. The van der Waals surface area contributed by atoms with E-state index in [9.17, 15) is 4.39 Å². The van der Waals surface area contributed by atoms with Gasteiger partial charge in [-0.15, -0.1) is 10.2 Å². The SMILES string of the molecule is CSc1nnc(Sc2c(F)cccc2CNCC(C)C)s1. The molecule has 0 saturated heterocycles. The lowest BCUT2D eigenvalue weighted by Crippen LogP contribution is -2.19. The predicted octanol–water partition coefficient (Wildman–Crippen LogP) is 4.30. The van der Waals surface area contributed by atoms with Gasteiger partial charge < -0.3 is 5.32 Å². The highest BCUT2D eigenvalue weighted by molar-refractivity contribution is 8.03. The van der Waals surface area contributed by atoms with Gasteiger partial charge in [0, 0.05) is 6.54 Å². The van der Waals surface area contributed by atoms with Crippen molar-refractivity contribution in [2.75, 3.05) is 12.8 Å². The Morgan fingerprint density at radius 3 is 2.71 bits per heavy atom. The van der Waals surface area contributed by atoms with E-state index in [4.69, 9.17) is 0 Å². The minimum atomic E-state index is -0.204. The maximum Gasteiger partial charge on any atom is 0.179 e. The minimum absolute atomic E-state index is 0.204. The molecule has 2 aromatic rings. The summed E-state index contributed by atoms with van der Waals surface area (Å²) in [4.78, 5) is 0.637. The Morgan fingerprint density at radius 2 is 2.05 bits per heavy atom. The molecule has 1 N–H and O–H groups in total. The molecule has 0 aliphatic carbocycles. The summed E-state index contributed by atoms with van der Waals surface area (Å²) in [5.41, 5.74) is 0.960. The maximum absolute atomic E-state index is 14.1. The van der Waals surface area contributed by atoms with Crippen LogP contribution in [0.4, 0.5) is 4.39 Å². The lowest BCUT2D eigenvalue weighted by molar-refractivity contribution is 0.543. The maximum atomic E-state index is 14.1. The van der Waals surface area contributed by atoms with Crippen LogP contribution in [-0.4, -0.2) is 23.0 Å². The summed E-state index contributed by atoms with van der Waals surface area (Å²) in [6.07, 6.45) is 1.96. The summed E-state index contributed by atoms with van der Waals surface area (Å²) in [5, 5.41) is 11.5. The Balaban J connectivity index is 2.13. The fraction of sp³-hybridized carbons (Fsp3) is 0.429. The van der Waals surface area contributed by atoms with Crippen molar-refractivity contribution >= 4 is 34.9 Å². The van der Waals surface area contributed by atoms with Crippen molar-refractivity contribution in [1.29, 1.82) is 0 Å². The van der Waals surface area contributed by atoms with Gasteiger partial charge >= 0.3 is 0 Å². The minimum Gasteiger partial charge on any atom is -0.312 e. The molecule has 0 bridgehead atoms. The van der Waals surface area contributed by atoms with Crippen LogP contribution in [0.25, 0.3) is 0 Å². The average Bonchev–Trinajstić information content (AvgIpc) is 2.90. The molecular weight excluding hydrogens is 325 g/mol. The van der Waals surface area contributed by atoms with Gasteiger partial charge in [-0.25, -0.2) is 4.39 Å². The van der Waals surface area contributed by atoms with Gasteiger partial charge in [-0.1, -0.05) is 60.8 Å². The number of nitrogens with one attached hydrogen (secondary N) is 1. The van der Waals surface area contributed by atoms with Gasteiger partial charge in [-0.05, 0) is 30.3 Å². The van der Waals surface area contributed by atoms with Gasteiger partial charge in [0.25, 0.3) is 0 Å². The molecule has 0 saturated carbocycles. The molecule has 2 rings (SSSR count). The van der Waals surface area contributed by atoms with Gasteiger partial charge in [0.1, 0.15) is 5.82 Å². The lowest BCUT2D eigenvalue weighted by atomic mass is 10.2. The summed E-state index contributed by atoms with van der Waals surface area (Å²) >= 11 is 4.39. The fourth-order valence-corrected chi connectivity index (χ4v) is 4.22. The zero-order valence-corrected chi connectivity index (χ0v) is 14.7. The highest BCUT2D eigenvalue weighted by Gasteiger charge is 2.13. The van der Waals surface area contributed by atoms with E-state index < -0.39 is 0 Å². The second kappa shape index (κ2) is 8.12. The average molecular weight is 344 g/mol. The van der Waals surface area contributed by atoms with Crippen LogP contribution >= 0.6 is 34.9 Å². The largest absolute Gasteiger partial charge is 0.312 e. The monoisotopic (exact) mass is 343 g/mol. The zero-order valence-electron chi connectivity index (χ0n) is 12.2. The quantitative estimate of drug-likeness (QED) is 0.759. The first-order valence-electron chi connectivity index (χ1n) is 6.63. The second-order valence-corrected chi connectivity index (χ2v) is 8.18. The molecule has 0 aliphatic heterocycles. The van der Waals surface area contributed by atoms with E-state index in [-0.39, 0.29) is 5.82 Å². The van der Waals surface area contributed by atoms with E-state index in [1.54, 1.807) is 17.8 Å². The second-order valence-electron chi connectivity index (χ2n) is 4.89. The van der Waals surface area contributed by atoms with E-state index in [0.717, 1.165) is 20.8 Å². The smallest absolute Gasteiger partial charge is 0.179 e. The van der Waals surface area contributed by atoms with Gasteiger partial charge in [-0.3, -0.25) is 0 Å². The number of hydrogen-bond acceptors (Lipinski definition) is 6. The van der Waals surface area contributed by atoms with Crippen molar-refractivity contribution in [2.45, 2.75) is 34.0 Å². The van der Waals surface area contributed by atoms with Crippen LogP contribution in [0.2, 0.25) is 0 Å². The van der Waals surface area contributed by atoms with Crippen LogP contribution in [0.1, 0.15) is 19.4 Å². The van der Waals surface area contributed by atoms with Crippen LogP contribution in [-0.2, 0) is 6.54 Å². The van der Waals surface area contributed by atoms with Crippen LogP contribution in [0.3, 0.4) is 0 Å². The third-order valence-corrected chi connectivity index (χ3v) is 5.78. The molecule has 0 fully saturated rings. The molecule has 0 radical (unpaired) electrons. The molecule has 1 aromatic carbocycles. The number of hydrogen-bond donors (Lipinski definition) is 1. The summed E-state index contributed by atoms with van der Waals surface area (Å²) in [6, 6.07) is 5.19. The Kier molecular flexibility index (Phi) is 6.47. The molecule has 7 heteroatoms. The van der Waals surface area contributed by atoms with Gasteiger partial charge in [0.05, 0.1) is 4.90 Å². The Labute approximate surface area is 137 Å². The molecule has 0 amide bonds. The zero-order chi connectivity index (χ0) is 15.2. The van der Waals surface area contributed by atoms with Crippen molar-refractivity contribution in [3.05, 3.63) is 29.6 Å².